The van der Waals surface area contributed by atoms with Gasteiger partial charge in [-0.25, -0.2) is 39.1 Å². The van der Waals surface area contributed by atoms with Crippen molar-refractivity contribution < 1.29 is 85.9 Å². The molecule has 4 N–H and O–H groups in total. The van der Waals surface area contributed by atoms with Crippen LogP contribution in [0.1, 0.15) is 42.0 Å². The minimum absolute atomic E-state index is 0. The number of fused-ring (bicyclic) bond motifs is 4. The van der Waals surface area contributed by atoms with Gasteiger partial charge in [-0.1, -0.05) is 120 Å². The van der Waals surface area contributed by atoms with Crippen molar-refractivity contribution in [2.45, 2.75) is 0 Å². The molecule has 0 fully saturated rings. The second-order valence-electron chi connectivity index (χ2n) is 11.3. The number of pyridine rings is 4. The molecule has 0 radical (unpaired) electrons. The predicted octanol–water partition coefficient (Wildman–Crippen LogP) is 4.02. The van der Waals surface area contributed by atoms with Crippen LogP contribution in [0.4, 0.5) is 0 Å². The molecule has 0 bridgehead atoms. The molecule has 17 heteroatoms. The molecular formula is C40H24HfN4O12. The van der Waals surface area contributed by atoms with Gasteiger partial charge in [-0.15, -0.1) is 0 Å². The van der Waals surface area contributed by atoms with Gasteiger partial charge in [0.15, 0.2) is 0 Å². The zero-order chi connectivity index (χ0) is 40.5. The van der Waals surface area contributed by atoms with Crippen LogP contribution in [0.2, 0.25) is 0 Å². The molecular weight excluding hydrogens is 907 g/mol. The van der Waals surface area contributed by atoms with E-state index >= 15 is 0 Å². The van der Waals surface area contributed by atoms with Crippen molar-refractivity contribution in [1.82, 2.24) is 19.9 Å². The molecule has 0 aliphatic rings. The van der Waals surface area contributed by atoms with Gasteiger partial charge in [0.25, 0.3) is 0 Å². The number of hydrogen-bond donors (Lipinski definition) is 4. The monoisotopic (exact) mass is 932 g/mol. The average molecular weight is 931 g/mol. The largest absolute Gasteiger partial charge is 4.00 e. The summed E-state index contributed by atoms with van der Waals surface area (Å²) in [4.78, 5) is 57.4. The third kappa shape index (κ3) is 10.4. The summed E-state index contributed by atoms with van der Waals surface area (Å²) >= 11 is 0. The summed E-state index contributed by atoms with van der Waals surface area (Å²) in [6, 6.07) is 30.6. The van der Waals surface area contributed by atoms with Crippen molar-refractivity contribution in [2.24, 2.45) is 0 Å². The number of benzene rings is 4. The molecule has 4 heterocycles. The second kappa shape index (κ2) is 18.7. The zero-order valence-electron chi connectivity index (χ0n) is 28.9. The Bertz CT molecular complexity index is 2420. The molecule has 0 unspecified atom stereocenters. The maximum Gasteiger partial charge on any atom is 4.00 e. The molecule has 8 aromatic rings. The number of carboxylic acid groups (broad SMARTS) is 4. The van der Waals surface area contributed by atoms with E-state index in [1.54, 1.807) is 72.8 Å². The van der Waals surface area contributed by atoms with Gasteiger partial charge >= 0.3 is 49.7 Å². The summed E-state index contributed by atoms with van der Waals surface area (Å²) in [6.07, 6.45) is 0. The van der Waals surface area contributed by atoms with Gasteiger partial charge in [-0.3, -0.25) is 0 Å². The summed E-state index contributed by atoms with van der Waals surface area (Å²) in [5.41, 5.74) is 0.364. The SMILES string of the molecule is O=C(O)c1ccc2cccc([O-])c2n1.O=C(O)c1ccc2cccc([O-])c2n1.O=C(O)c1ccc2cccc([O-])c2n1.O=C(O)c1ccc2cccc([O-])c2n1.[Hf+4]. The summed E-state index contributed by atoms with van der Waals surface area (Å²) in [5, 5.41) is 82.5. The minimum atomic E-state index is -1.13. The normalized spacial score (nSPS) is 10.1. The Morgan fingerprint density at radius 1 is 0.333 bits per heavy atom. The van der Waals surface area contributed by atoms with Gasteiger partial charge in [0.1, 0.15) is 22.8 Å². The number of aromatic carboxylic acids is 4. The molecule has 4 aromatic heterocycles. The van der Waals surface area contributed by atoms with Crippen LogP contribution in [0, 0.1) is 0 Å². The fraction of sp³-hybridized carbons (Fsp3) is 0. The third-order valence-corrected chi connectivity index (χ3v) is 7.61. The topological polar surface area (TPSA) is 293 Å². The Labute approximate surface area is 339 Å². The van der Waals surface area contributed by atoms with E-state index in [0.717, 1.165) is 0 Å². The van der Waals surface area contributed by atoms with Crippen LogP contribution in [-0.4, -0.2) is 64.2 Å². The van der Waals surface area contributed by atoms with Gasteiger partial charge < -0.3 is 40.9 Å². The third-order valence-electron chi connectivity index (χ3n) is 7.61. The quantitative estimate of drug-likeness (QED) is 0.181. The van der Waals surface area contributed by atoms with Crippen LogP contribution in [0.5, 0.6) is 23.0 Å². The molecule has 8 rings (SSSR count). The van der Waals surface area contributed by atoms with E-state index in [1.165, 1.54) is 48.5 Å². The maximum absolute atomic E-state index is 11.3. The summed E-state index contributed by atoms with van der Waals surface area (Å²) in [6.45, 7) is 0. The molecule has 0 saturated carbocycles. The maximum atomic E-state index is 11.3. The molecule has 0 saturated heterocycles. The van der Waals surface area contributed by atoms with E-state index in [9.17, 15) is 39.6 Å². The van der Waals surface area contributed by atoms with Crippen molar-refractivity contribution in [3.8, 4) is 23.0 Å². The summed E-state index contributed by atoms with van der Waals surface area (Å²) in [5.74, 6) is -5.55. The average Bonchev–Trinajstić information content (AvgIpc) is 3.19. The Morgan fingerprint density at radius 2 is 0.526 bits per heavy atom. The van der Waals surface area contributed by atoms with E-state index in [2.05, 4.69) is 19.9 Å². The first-order valence-electron chi connectivity index (χ1n) is 15.9. The first-order valence-corrected chi connectivity index (χ1v) is 15.9. The van der Waals surface area contributed by atoms with Gasteiger partial charge in [0.2, 0.25) is 0 Å². The number of rotatable bonds is 4. The van der Waals surface area contributed by atoms with Crippen molar-refractivity contribution in [1.29, 1.82) is 0 Å². The molecule has 0 spiro atoms. The van der Waals surface area contributed by atoms with Crippen LogP contribution >= 0.6 is 0 Å². The molecule has 16 nitrogen and oxygen atoms in total. The van der Waals surface area contributed by atoms with Gasteiger partial charge in [0, 0.05) is 0 Å². The molecule has 4 aromatic carbocycles. The van der Waals surface area contributed by atoms with Gasteiger partial charge in [0.05, 0.1) is 22.1 Å². The Hall–Kier alpha value is -7.53. The zero-order valence-corrected chi connectivity index (χ0v) is 32.5. The van der Waals surface area contributed by atoms with Gasteiger partial charge in [-0.05, 0) is 45.8 Å². The smallest absolute Gasteiger partial charge is 0.871 e. The van der Waals surface area contributed by atoms with Crippen molar-refractivity contribution in [3.63, 3.8) is 0 Å². The minimum Gasteiger partial charge on any atom is -0.871 e. The van der Waals surface area contributed by atoms with Gasteiger partial charge in [-0.2, -0.15) is 0 Å². The number of aromatic nitrogens is 4. The number of para-hydroxylation sites is 4. The number of nitrogens with zero attached hydrogens (tertiary/aromatic N) is 4. The van der Waals surface area contributed by atoms with Crippen LogP contribution < -0.4 is 20.4 Å². The molecule has 280 valence electrons. The molecule has 0 atom stereocenters. The van der Waals surface area contributed by atoms with E-state index < -0.39 is 23.9 Å². The van der Waals surface area contributed by atoms with Crippen LogP contribution in [-0.2, 0) is 25.8 Å². The molecule has 0 aliphatic heterocycles. The predicted molar refractivity (Wildman–Crippen MR) is 193 cm³/mol. The summed E-state index contributed by atoms with van der Waals surface area (Å²) in [7, 11) is 0. The van der Waals surface area contributed by atoms with Crippen LogP contribution in [0.3, 0.4) is 0 Å². The number of carboxylic acids is 4. The van der Waals surface area contributed by atoms with E-state index in [-0.39, 0.29) is 93.7 Å². The Morgan fingerprint density at radius 3 is 0.702 bits per heavy atom. The molecule has 57 heavy (non-hydrogen) atoms. The van der Waals surface area contributed by atoms with Crippen LogP contribution in [0.15, 0.2) is 121 Å². The van der Waals surface area contributed by atoms with E-state index in [1.807, 2.05) is 0 Å². The fourth-order valence-corrected chi connectivity index (χ4v) is 4.96. The van der Waals surface area contributed by atoms with Crippen molar-refractivity contribution >= 4 is 67.5 Å². The fourth-order valence-electron chi connectivity index (χ4n) is 4.96. The molecule has 0 amide bonds. The summed E-state index contributed by atoms with van der Waals surface area (Å²) < 4.78 is 0. The molecule has 0 aliphatic carbocycles. The first kappa shape index (κ1) is 42.2. The second-order valence-corrected chi connectivity index (χ2v) is 11.3. The van der Waals surface area contributed by atoms with Crippen molar-refractivity contribution in [2.75, 3.05) is 0 Å². The number of carbonyl (C=O) groups is 4. The van der Waals surface area contributed by atoms with Crippen molar-refractivity contribution in [3.05, 3.63) is 144 Å². The van der Waals surface area contributed by atoms with Crippen LogP contribution in [0.25, 0.3) is 43.6 Å². The van der Waals surface area contributed by atoms with E-state index in [4.69, 9.17) is 20.4 Å². The Balaban J connectivity index is 0.000000167. The Kier molecular flexibility index (Phi) is 13.8. The van der Waals surface area contributed by atoms with E-state index in [0.29, 0.717) is 21.5 Å². The first-order chi connectivity index (χ1) is 26.7. The number of hydrogen-bond acceptors (Lipinski definition) is 12. The standard InChI is InChI=1S/4C10H7NO3.Hf/c4*12-8-3-1-2-6-4-5-7(10(13)14)11-9(6)8;/h4*1-5,12H,(H,13,14);/q;;;;+4/p-4.